The maximum atomic E-state index is 12.3. The van der Waals surface area contributed by atoms with Gasteiger partial charge in [0.1, 0.15) is 0 Å². The number of carbonyl (C=O) groups is 1. The number of piperazine rings is 1. The zero-order valence-corrected chi connectivity index (χ0v) is 13.7. The Labute approximate surface area is 138 Å². The van der Waals surface area contributed by atoms with E-state index in [9.17, 15) is 4.79 Å². The van der Waals surface area contributed by atoms with Crippen LogP contribution in [0.4, 0.5) is 0 Å². The van der Waals surface area contributed by atoms with Crippen LogP contribution >= 0.6 is 12.4 Å². The highest BCUT2D eigenvalue weighted by molar-refractivity contribution is 5.85. The van der Waals surface area contributed by atoms with Crippen LogP contribution in [0, 0.1) is 0 Å². The number of rotatable bonds is 4. The number of hydrogen-bond donors (Lipinski definition) is 1. The molecular formula is C16H25ClN4O. The van der Waals surface area contributed by atoms with Gasteiger partial charge in [-0.15, -0.1) is 12.4 Å². The molecule has 1 atom stereocenters. The standard InChI is InChI=1S/C16H24N4O.ClH/c21-16(11-15-4-2-6-18-15)20-9-7-19(8-10-20)13-14-3-1-5-17-12-14;/h1,3,5,12,15,18H,2,4,6-11,13H2;1H. The van der Waals surface area contributed by atoms with E-state index < -0.39 is 0 Å². The Morgan fingerprint density at radius 3 is 2.77 bits per heavy atom. The monoisotopic (exact) mass is 324 g/mol. The number of nitrogens with one attached hydrogen (secondary N) is 1. The minimum absolute atomic E-state index is 0. The largest absolute Gasteiger partial charge is 0.340 e. The number of carbonyl (C=O) groups excluding carboxylic acids is 1. The Morgan fingerprint density at radius 2 is 2.14 bits per heavy atom. The summed E-state index contributed by atoms with van der Waals surface area (Å²) in [6.07, 6.45) is 6.74. The molecule has 3 heterocycles. The van der Waals surface area contributed by atoms with Gasteiger partial charge in [0.2, 0.25) is 5.91 Å². The fourth-order valence-electron chi connectivity index (χ4n) is 3.18. The van der Waals surface area contributed by atoms with Crippen molar-refractivity contribution in [3.05, 3.63) is 30.1 Å². The van der Waals surface area contributed by atoms with Gasteiger partial charge in [-0.2, -0.15) is 0 Å². The fraction of sp³-hybridized carbons (Fsp3) is 0.625. The van der Waals surface area contributed by atoms with Gasteiger partial charge in [0, 0.05) is 57.6 Å². The van der Waals surface area contributed by atoms with Crippen LogP contribution < -0.4 is 5.32 Å². The Kier molecular flexibility index (Phi) is 6.61. The van der Waals surface area contributed by atoms with Gasteiger partial charge in [0.15, 0.2) is 0 Å². The zero-order chi connectivity index (χ0) is 14.5. The molecule has 2 saturated heterocycles. The van der Waals surface area contributed by atoms with Crippen molar-refractivity contribution < 1.29 is 4.79 Å². The molecule has 2 fully saturated rings. The van der Waals surface area contributed by atoms with E-state index in [0.29, 0.717) is 18.4 Å². The van der Waals surface area contributed by atoms with E-state index in [0.717, 1.165) is 45.7 Å². The summed E-state index contributed by atoms with van der Waals surface area (Å²) in [5, 5.41) is 3.40. The first-order chi connectivity index (χ1) is 10.3. The Balaban J connectivity index is 0.00000176. The molecule has 5 nitrogen and oxygen atoms in total. The molecule has 0 aromatic carbocycles. The first kappa shape index (κ1) is 17.2. The van der Waals surface area contributed by atoms with Gasteiger partial charge in [0.05, 0.1) is 0 Å². The average Bonchev–Trinajstić information content (AvgIpc) is 3.02. The van der Waals surface area contributed by atoms with Gasteiger partial charge >= 0.3 is 0 Å². The van der Waals surface area contributed by atoms with Crippen molar-refractivity contribution in [1.29, 1.82) is 0 Å². The van der Waals surface area contributed by atoms with Crippen LogP contribution in [0.25, 0.3) is 0 Å². The molecule has 0 spiro atoms. The van der Waals surface area contributed by atoms with Gasteiger partial charge in [0.25, 0.3) is 0 Å². The van der Waals surface area contributed by atoms with Crippen molar-refractivity contribution >= 4 is 18.3 Å². The molecule has 0 radical (unpaired) electrons. The lowest BCUT2D eigenvalue weighted by Crippen LogP contribution is -2.49. The summed E-state index contributed by atoms with van der Waals surface area (Å²) in [4.78, 5) is 20.9. The van der Waals surface area contributed by atoms with Crippen molar-refractivity contribution in [2.24, 2.45) is 0 Å². The molecule has 122 valence electrons. The summed E-state index contributed by atoms with van der Waals surface area (Å²) in [5.74, 6) is 0.315. The molecular weight excluding hydrogens is 300 g/mol. The van der Waals surface area contributed by atoms with Gasteiger partial charge < -0.3 is 10.2 Å². The summed E-state index contributed by atoms with van der Waals surface area (Å²) in [5.41, 5.74) is 1.24. The molecule has 1 aromatic rings. The zero-order valence-electron chi connectivity index (χ0n) is 12.9. The van der Waals surface area contributed by atoms with Crippen molar-refractivity contribution in [2.45, 2.75) is 31.8 Å². The van der Waals surface area contributed by atoms with Gasteiger partial charge in [-0.1, -0.05) is 6.07 Å². The second-order valence-electron chi connectivity index (χ2n) is 6.02. The number of halogens is 1. The summed E-state index contributed by atoms with van der Waals surface area (Å²) in [6.45, 7) is 5.62. The van der Waals surface area contributed by atoms with E-state index in [4.69, 9.17) is 0 Å². The fourth-order valence-corrected chi connectivity index (χ4v) is 3.18. The van der Waals surface area contributed by atoms with Crippen molar-refractivity contribution in [3.8, 4) is 0 Å². The van der Waals surface area contributed by atoms with Crippen molar-refractivity contribution in [2.75, 3.05) is 32.7 Å². The molecule has 1 aromatic heterocycles. The summed E-state index contributed by atoms with van der Waals surface area (Å²) in [6, 6.07) is 4.49. The van der Waals surface area contributed by atoms with Crippen LogP contribution in [0.3, 0.4) is 0 Å². The lowest BCUT2D eigenvalue weighted by atomic mass is 10.1. The molecule has 2 aliphatic rings. The maximum Gasteiger partial charge on any atom is 0.224 e. The predicted octanol–water partition coefficient (Wildman–Crippen LogP) is 1.29. The number of hydrogen-bond acceptors (Lipinski definition) is 4. The van der Waals surface area contributed by atoms with E-state index in [-0.39, 0.29) is 12.4 Å². The van der Waals surface area contributed by atoms with Crippen LogP contribution in [0.5, 0.6) is 0 Å². The summed E-state index contributed by atoms with van der Waals surface area (Å²) >= 11 is 0. The van der Waals surface area contributed by atoms with Crippen molar-refractivity contribution in [1.82, 2.24) is 20.1 Å². The topological polar surface area (TPSA) is 48.5 Å². The molecule has 3 rings (SSSR count). The normalized spacial score (nSPS) is 22.4. The molecule has 22 heavy (non-hydrogen) atoms. The van der Waals surface area contributed by atoms with Crippen LogP contribution in [0.1, 0.15) is 24.8 Å². The SMILES string of the molecule is Cl.O=C(CC1CCCN1)N1CCN(Cc2cccnc2)CC1. The van der Waals surface area contributed by atoms with E-state index in [1.807, 2.05) is 17.2 Å². The van der Waals surface area contributed by atoms with Crippen LogP contribution in [0.2, 0.25) is 0 Å². The highest BCUT2D eigenvalue weighted by Crippen LogP contribution is 2.13. The first-order valence-corrected chi connectivity index (χ1v) is 7.94. The molecule has 0 bridgehead atoms. The average molecular weight is 325 g/mol. The highest BCUT2D eigenvalue weighted by Gasteiger charge is 2.24. The number of pyridine rings is 1. The molecule has 0 aliphatic carbocycles. The van der Waals surface area contributed by atoms with E-state index in [2.05, 4.69) is 21.3 Å². The van der Waals surface area contributed by atoms with Crippen molar-refractivity contribution in [3.63, 3.8) is 0 Å². The third-order valence-electron chi connectivity index (χ3n) is 4.44. The maximum absolute atomic E-state index is 12.3. The second-order valence-corrected chi connectivity index (χ2v) is 6.02. The van der Waals surface area contributed by atoms with Gasteiger partial charge in [-0.25, -0.2) is 0 Å². The van der Waals surface area contributed by atoms with E-state index in [1.54, 1.807) is 6.20 Å². The predicted molar refractivity (Wildman–Crippen MR) is 89.0 cm³/mol. The quantitative estimate of drug-likeness (QED) is 0.906. The smallest absolute Gasteiger partial charge is 0.224 e. The van der Waals surface area contributed by atoms with E-state index in [1.165, 1.54) is 12.0 Å². The summed E-state index contributed by atoms with van der Waals surface area (Å²) < 4.78 is 0. The lowest BCUT2D eigenvalue weighted by molar-refractivity contribution is -0.133. The third-order valence-corrected chi connectivity index (χ3v) is 4.44. The Bertz CT molecular complexity index is 456. The molecule has 6 heteroatoms. The van der Waals surface area contributed by atoms with Gasteiger partial charge in [-0.3, -0.25) is 14.7 Å². The van der Waals surface area contributed by atoms with Gasteiger partial charge in [-0.05, 0) is 31.0 Å². The Hall–Kier alpha value is -1.17. The Morgan fingerprint density at radius 1 is 1.32 bits per heavy atom. The highest BCUT2D eigenvalue weighted by atomic mass is 35.5. The minimum Gasteiger partial charge on any atom is -0.340 e. The molecule has 2 aliphatic heterocycles. The summed E-state index contributed by atoms with van der Waals surface area (Å²) in [7, 11) is 0. The number of aromatic nitrogens is 1. The van der Waals surface area contributed by atoms with Crippen LogP contribution in [-0.2, 0) is 11.3 Å². The van der Waals surface area contributed by atoms with Crippen LogP contribution in [0.15, 0.2) is 24.5 Å². The molecule has 1 amide bonds. The lowest BCUT2D eigenvalue weighted by Gasteiger charge is -2.35. The minimum atomic E-state index is 0. The number of amides is 1. The third kappa shape index (κ3) is 4.66. The van der Waals surface area contributed by atoms with Crippen LogP contribution in [-0.4, -0.2) is 59.5 Å². The molecule has 1 N–H and O–H groups in total. The number of nitrogens with zero attached hydrogens (tertiary/aromatic N) is 3. The first-order valence-electron chi connectivity index (χ1n) is 7.94. The van der Waals surface area contributed by atoms with E-state index >= 15 is 0 Å². The molecule has 0 saturated carbocycles. The second kappa shape index (κ2) is 8.46. The molecule has 1 unspecified atom stereocenters.